The Labute approximate surface area is 742 Å². The van der Waals surface area contributed by atoms with Crippen molar-refractivity contribution in [1.29, 1.82) is 0 Å². The number of rotatable bonds is 20. The van der Waals surface area contributed by atoms with E-state index in [1.165, 1.54) is 0 Å². The van der Waals surface area contributed by atoms with E-state index < -0.39 is 22.2 Å². The first-order valence-electron chi connectivity index (χ1n) is 45.3. The van der Waals surface area contributed by atoms with Gasteiger partial charge in [0.15, 0.2) is 0 Å². The summed E-state index contributed by atoms with van der Waals surface area (Å²) in [5.41, 5.74) is 16.1. The van der Waals surface area contributed by atoms with Crippen LogP contribution in [0.3, 0.4) is 0 Å². The lowest BCUT2D eigenvalue weighted by Gasteiger charge is -2.38. The van der Waals surface area contributed by atoms with E-state index in [9.17, 15) is 28.8 Å². The summed E-state index contributed by atoms with van der Waals surface area (Å²) in [4.78, 5) is 110. The van der Waals surface area contributed by atoms with Gasteiger partial charge in [-0.3, -0.25) is 24.0 Å². The van der Waals surface area contributed by atoms with Gasteiger partial charge in [0.25, 0.3) is 11.8 Å². The van der Waals surface area contributed by atoms with E-state index in [1.54, 1.807) is 57.1 Å². The molecule has 8 aliphatic heterocycles. The maximum atomic E-state index is 14.3. The van der Waals surface area contributed by atoms with Crippen molar-refractivity contribution < 1.29 is 71.8 Å². The molecule has 670 valence electrons. The van der Waals surface area contributed by atoms with Crippen molar-refractivity contribution in [2.24, 2.45) is 0 Å². The molecule has 3 aromatic heterocycles. The number of ketones is 1. The van der Waals surface area contributed by atoms with Gasteiger partial charge in [0.1, 0.15) is 75.9 Å². The highest BCUT2D eigenvalue weighted by Crippen LogP contribution is 2.60. The maximum Gasteiger partial charge on any atom is 0.339 e. The number of nitrogen functional groups attached to an aromatic ring is 1. The summed E-state index contributed by atoms with van der Waals surface area (Å²) in [6.45, 7) is 14.7. The summed E-state index contributed by atoms with van der Waals surface area (Å²) >= 11 is 0. The Hall–Kier alpha value is -11.5. The zero-order valence-corrected chi connectivity index (χ0v) is 73.6. The molecule has 0 radical (unpaired) electrons. The maximum absolute atomic E-state index is 14.3. The number of amides is 4. The number of Topliss-reactive ketones (excluding diaryl/α,β-unsaturated/α-hetero) is 1. The number of pyridine rings is 3. The minimum absolute atomic E-state index is 0.0263. The molecule has 5 aromatic carbocycles. The molecule has 0 bridgehead atoms. The normalized spacial score (nSPS) is 20.1. The van der Waals surface area contributed by atoms with Gasteiger partial charge in [-0.1, -0.05) is 43.5 Å². The van der Waals surface area contributed by atoms with E-state index in [0.29, 0.717) is 156 Å². The second-order valence-corrected chi connectivity index (χ2v) is 35.7. The van der Waals surface area contributed by atoms with Gasteiger partial charge in [0, 0.05) is 144 Å². The first kappa shape index (κ1) is 87.6. The number of methoxy groups -OCH3 is 2. The molecule has 6 saturated heterocycles. The highest BCUT2D eigenvalue weighted by molar-refractivity contribution is 6.13. The van der Waals surface area contributed by atoms with Crippen LogP contribution in [0.4, 0.5) is 45.9 Å². The lowest BCUT2D eigenvalue weighted by atomic mass is 9.64. The molecule has 4 amide bonds. The van der Waals surface area contributed by atoms with Crippen molar-refractivity contribution in [3.8, 4) is 28.7 Å². The number of likely N-dealkylation sites (tertiary alicyclic amines) is 3. The number of nitrogens with zero attached hydrogens (tertiary/aromatic N) is 11. The number of benzene rings is 5. The van der Waals surface area contributed by atoms with Crippen LogP contribution in [-0.2, 0) is 64.3 Å². The predicted molar refractivity (Wildman–Crippen MR) is 486 cm³/mol. The number of hydrogen-bond acceptors (Lipinski definition) is 24. The topological polar surface area (TPSA) is 311 Å². The summed E-state index contributed by atoms with van der Waals surface area (Å²) in [6, 6.07) is 37.9. The quantitative estimate of drug-likeness (QED) is 0.0515. The monoisotopic (exact) mass is 1730 g/mol. The third-order valence-corrected chi connectivity index (χ3v) is 27.7. The van der Waals surface area contributed by atoms with Gasteiger partial charge in [-0.25, -0.2) is 19.7 Å². The fourth-order valence-electron chi connectivity index (χ4n) is 19.9. The first-order chi connectivity index (χ1) is 61.8. The second-order valence-electron chi connectivity index (χ2n) is 35.7. The van der Waals surface area contributed by atoms with Gasteiger partial charge in [-0.15, -0.1) is 0 Å². The molecule has 12 aliphatic rings. The molecule has 11 heterocycles. The zero-order chi connectivity index (χ0) is 87.9. The Balaban J connectivity index is 0.000000126. The number of carboxylic acid groups (broad SMARTS) is 1. The molecular formula is C98H118N14O15. The third-order valence-electron chi connectivity index (χ3n) is 27.7. The van der Waals surface area contributed by atoms with Crippen LogP contribution in [-0.4, -0.2) is 242 Å². The largest absolute Gasteiger partial charge is 0.497 e. The minimum atomic E-state index is -0.940. The molecular weight excluding hydrogens is 1610 g/mol. The van der Waals surface area contributed by atoms with Gasteiger partial charge in [0.2, 0.25) is 11.8 Å². The van der Waals surface area contributed by atoms with Crippen LogP contribution in [0.15, 0.2) is 140 Å². The fraction of sp³-hybridized carbons (Fsp3) is 0.480. The smallest absolute Gasteiger partial charge is 0.339 e. The number of nitrogens with two attached hydrogens (primary N) is 1. The second kappa shape index (κ2) is 38.6. The van der Waals surface area contributed by atoms with Crippen LogP contribution in [0, 0.1) is 0 Å². The Morgan fingerprint density at radius 3 is 1.18 bits per heavy atom. The summed E-state index contributed by atoms with van der Waals surface area (Å²) < 4.78 is 46.7. The summed E-state index contributed by atoms with van der Waals surface area (Å²) in [6.07, 6.45) is 19.7. The molecule has 3 spiro atoms. The molecule has 8 aromatic rings. The van der Waals surface area contributed by atoms with Gasteiger partial charge < -0.3 is 98.6 Å². The van der Waals surface area contributed by atoms with Crippen molar-refractivity contribution in [2.45, 2.75) is 150 Å². The Morgan fingerprint density at radius 1 is 0.449 bits per heavy atom. The SMILES string of the molecule is CN1CCC(Oc2cc(NC(=O)c3cccnc3N3CCOCC3)cc3c2CC(=O)C32CCC2)CC1.COc1ccc(CN2C(=O)C3(CCC3)c3cc(N)cc(OC4CCN(C)CC4)c32)cc1.COc1ccc(CN2C(=O)C3(CCC3)c3cc(NC(=O)c4cccnc4N4CCOCC4)cc(OC4CCN(C)CC4)c32)cc1.O=C(O)c1cccnc1N1CCOCC1. The number of hydrogen-bond donors (Lipinski definition) is 4. The number of morpholine rings is 3. The van der Waals surface area contributed by atoms with Crippen LogP contribution in [0.1, 0.15) is 161 Å². The van der Waals surface area contributed by atoms with Gasteiger partial charge in [-0.2, -0.15) is 0 Å². The molecule has 3 saturated carbocycles. The number of aromatic nitrogens is 3. The average Bonchev–Trinajstić information content (AvgIpc) is 1.57. The summed E-state index contributed by atoms with van der Waals surface area (Å²) in [5.74, 6) is 4.82. The Morgan fingerprint density at radius 2 is 0.803 bits per heavy atom. The number of nitrogens with one attached hydrogen (secondary N) is 2. The Bertz CT molecular complexity index is 5290. The van der Waals surface area contributed by atoms with E-state index in [0.717, 1.165) is 203 Å². The summed E-state index contributed by atoms with van der Waals surface area (Å²) in [5, 5.41) is 15.3. The molecule has 0 unspecified atom stereocenters. The average molecular weight is 1730 g/mol. The van der Waals surface area contributed by atoms with E-state index in [1.807, 2.05) is 112 Å². The van der Waals surface area contributed by atoms with Crippen molar-refractivity contribution in [3.05, 3.63) is 190 Å². The van der Waals surface area contributed by atoms with Crippen LogP contribution in [0.2, 0.25) is 0 Å². The lowest BCUT2D eigenvalue weighted by Crippen LogP contribution is -2.44. The molecule has 20 rings (SSSR count). The van der Waals surface area contributed by atoms with Crippen molar-refractivity contribution in [1.82, 2.24) is 29.7 Å². The number of carbonyl (C=O) groups excluding carboxylic acids is 5. The number of ether oxygens (including phenoxy) is 8. The molecule has 0 atom stereocenters. The predicted octanol–water partition coefficient (Wildman–Crippen LogP) is 12.1. The van der Waals surface area contributed by atoms with Gasteiger partial charge in [0.05, 0.1) is 106 Å². The van der Waals surface area contributed by atoms with Gasteiger partial charge >= 0.3 is 5.97 Å². The lowest BCUT2D eigenvalue weighted by molar-refractivity contribution is -0.126. The molecule has 9 fully saturated rings. The van der Waals surface area contributed by atoms with Crippen molar-refractivity contribution in [2.75, 3.05) is 194 Å². The van der Waals surface area contributed by atoms with E-state index >= 15 is 0 Å². The highest BCUT2D eigenvalue weighted by atomic mass is 16.5. The van der Waals surface area contributed by atoms with Crippen LogP contribution in [0.25, 0.3) is 0 Å². The van der Waals surface area contributed by atoms with E-state index in [2.05, 4.69) is 71.2 Å². The number of fused-ring (bicyclic) bond motifs is 6. The molecule has 29 heteroatoms. The number of anilines is 8. The first-order valence-corrected chi connectivity index (χ1v) is 45.3. The molecule has 29 nitrogen and oxygen atoms in total. The van der Waals surface area contributed by atoms with E-state index in [4.69, 9.17) is 48.7 Å². The minimum Gasteiger partial charge on any atom is -0.497 e. The molecule has 5 N–H and O–H groups in total. The standard InChI is InChI=1S/C35H41N5O5.C28H34N4O4.C25H31N3O3.C10H12N2O3/c1-38-15-10-27(11-16-38)45-30-22-25(37-33(41)28-5-3-14-36-32(28)39-17-19-44-20-18-39)21-29-31(30)40(34(42)35(29)12-4-13-35)23-24-6-8-26(43-2)9-7-24;1-31-10-5-20(6-11-31)36-24-17-19(16-23-22(24)18-25(33)28(23)7-3-8-28)30-27(34)21-4-2-9-29-26(21)32-12-14-35-15-13-32;1-27-12-8-20(9-13-27)31-22-15-18(26)14-21-23(22)28(24(29)25(21)10-3-11-25)16-17-4-6-19(30-2)7-5-17;13-10(14)8-2-1-3-11-9(8)12-4-6-15-7-5-12/h3,5-9,14,21-22,27H,4,10-13,15-20,23H2,1-2H3,(H,37,41);2,4,9,16-17,20H,3,5-8,10-15,18H2,1H3,(H,30,34);4-7,14-15,20H,3,8-13,16,26H2,1-2H3;1-3H,4-7H2,(H,13,14). The Kier molecular flexibility index (Phi) is 26.6. The number of carboxylic acids is 1. The third kappa shape index (κ3) is 18.6. The fourth-order valence-corrected chi connectivity index (χ4v) is 19.9. The van der Waals surface area contributed by atoms with Crippen LogP contribution >= 0.6 is 0 Å². The van der Waals surface area contributed by atoms with E-state index in [-0.39, 0.29) is 47.5 Å². The molecule has 127 heavy (non-hydrogen) atoms. The molecule has 4 aliphatic carbocycles. The van der Waals surface area contributed by atoms with Crippen LogP contribution in [0.5, 0.6) is 28.7 Å². The number of carbonyl (C=O) groups is 6. The number of aromatic carboxylic acids is 1. The number of piperidine rings is 3. The van der Waals surface area contributed by atoms with Crippen LogP contribution < -0.4 is 64.6 Å². The van der Waals surface area contributed by atoms with Crippen molar-refractivity contribution in [3.63, 3.8) is 0 Å². The highest BCUT2D eigenvalue weighted by Gasteiger charge is 2.58. The zero-order valence-electron chi connectivity index (χ0n) is 73.6. The van der Waals surface area contributed by atoms with Crippen molar-refractivity contribution >= 4 is 81.3 Å². The van der Waals surface area contributed by atoms with Gasteiger partial charge in [-0.05, 0) is 205 Å². The summed E-state index contributed by atoms with van der Waals surface area (Å²) in [7, 11) is 9.71.